The lowest BCUT2D eigenvalue weighted by Gasteiger charge is -2.31. The van der Waals surface area contributed by atoms with Gasteiger partial charge in [0, 0.05) is 31.4 Å². The lowest BCUT2D eigenvalue weighted by molar-refractivity contribution is 0.0678. The van der Waals surface area contributed by atoms with E-state index in [4.69, 9.17) is 4.74 Å². The summed E-state index contributed by atoms with van der Waals surface area (Å²) < 4.78 is 18.6. The number of nitrogens with one attached hydrogen (secondary N) is 1. The molecule has 0 aliphatic rings. The highest BCUT2D eigenvalue weighted by Gasteiger charge is 2.28. The van der Waals surface area contributed by atoms with E-state index in [1.165, 1.54) is 23.5 Å². The second-order valence-corrected chi connectivity index (χ2v) is 8.48. The average molecular weight is 458 g/mol. The van der Waals surface area contributed by atoms with Gasteiger partial charge in [0.1, 0.15) is 11.5 Å². The molecule has 0 saturated heterocycles. The quantitative estimate of drug-likeness (QED) is 0.471. The van der Waals surface area contributed by atoms with Crippen LogP contribution in [0, 0.1) is 12.7 Å². The highest BCUT2D eigenvalue weighted by Crippen LogP contribution is 2.31. The minimum absolute atomic E-state index is 0.0830. The predicted octanol–water partition coefficient (Wildman–Crippen LogP) is 4.80. The fourth-order valence-corrected chi connectivity index (χ4v) is 4.34. The van der Waals surface area contributed by atoms with Gasteiger partial charge in [0.15, 0.2) is 0 Å². The van der Waals surface area contributed by atoms with E-state index in [1.54, 1.807) is 31.5 Å². The van der Waals surface area contributed by atoms with Crippen LogP contribution in [-0.2, 0) is 0 Å². The Hall–Kier alpha value is -3.07. The monoisotopic (exact) mass is 457 g/mol. The SMILES string of the molecule is CCCN(C(=O)c1nc(C)sc1-c1ccc(F)cc1)C(CC)CNc1nccc(OC)n1. The minimum Gasteiger partial charge on any atom is -0.481 e. The van der Waals surface area contributed by atoms with Crippen molar-refractivity contribution in [2.24, 2.45) is 0 Å². The number of carbonyl (C=O) groups is 1. The summed E-state index contributed by atoms with van der Waals surface area (Å²) in [5.74, 6) is 0.477. The molecule has 3 rings (SSSR count). The van der Waals surface area contributed by atoms with Crippen LogP contribution < -0.4 is 10.1 Å². The van der Waals surface area contributed by atoms with Crippen molar-refractivity contribution in [3.8, 4) is 16.3 Å². The zero-order chi connectivity index (χ0) is 23.1. The Morgan fingerprint density at radius 2 is 1.97 bits per heavy atom. The second-order valence-electron chi connectivity index (χ2n) is 7.28. The first-order valence-electron chi connectivity index (χ1n) is 10.6. The molecule has 1 N–H and O–H groups in total. The van der Waals surface area contributed by atoms with E-state index >= 15 is 0 Å². The summed E-state index contributed by atoms with van der Waals surface area (Å²) in [7, 11) is 1.55. The van der Waals surface area contributed by atoms with Gasteiger partial charge in [0.2, 0.25) is 11.8 Å². The Bertz CT molecular complexity index is 1040. The van der Waals surface area contributed by atoms with Gasteiger partial charge in [0.25, 0.3) is 5.91 Å². The van der Waals surface area contributed by atoms with Crippen LogP contribution in [-0.4, -0.2) is 52.0 Å². The van der Waals surface area contributed by atoms with E-state index in [0.717, 1.165) is 28.3 Å². The maximum atomic E-state index is 13.6. The fourth-order valence-electron chi connectivity index (χ4n) is 3.42. The number of anilines is 1. The molecule has 0 bridgehead atoms. The van der Waals surface area contributed by atoms with E-state index in [2.05, 4.69) is 20.3 Å². The van der Waals surface area contributed by atoms with Crippen molar-refractivity contribution in [2.75, 3.05) is 25.5 Å². The molecule has 2 heterocycles. The predicted molar refractivity (Wildman–Crippen MR) is 125 cm³/mol. The topological polar surface area (TPSA) is 80.2 Å². The molecular weight excluding hydrogens is 429 g/mol. The molecule has 1 atom stereocenters. The molecule has 0 radical (unpaired) electrons. The first-order valence-corrected chi connectivity index (χ1v) is 11.4. The maximum absolute atomic E-state index is 13.6. The number of ether oxygens (including phenoxy) is 1. The third-order valence-corrected chi connectivity index (χ3v) is 6.04. The van der Waals surface area contributed by atoms with Crippen LogP contribution >= 0.6 is 11.3 Å². The lowest BCUT2D eigenvalue weighted by atomic mass is 10.1. The fraction of sp³-hybridized carbons (Fsp3) is 0.391. The van der Waals surface area contributed by atoms with Gasteiger partial charge in [-0.15, -0.1) is 11.3 Å². The normalized spacial score (nSPS) is 11.8. The number of thiazole rings is 1. The van der Waals surface area contributed by atoms with Crippen LogP contribution in [0.15, 0.2) is 36.5 Å². The number of aromatic nitrogens is 3. The summed E-state index contributed by atoms with van der Waals surface area (Å²) in [5.41, 5.74) is 1.19. The van der Waals surface area contributed by atoms with Gasteiger partial charge >= 0.3 is 0 Å². The number of aryl methyl sites for hydroxylation is 1. The van der Waals surface area contributed by atoms with Crippen LogP contribution in [0.3, 0.4) is 0 Å². The number of rotatable bonds is 10. The Kier molecular flexibility index (Phi) is 8.10. The van der Waals surface area contributed by atoms with Gasteiger partial charge in [-0.1, -0.05) is 26.0 Å². The first-order chi connectivity index (χ1) is 15.5. The maximum Gasteiger partial charge on any atom is 0.274 e. The Morgan fingerprint density at radius 1 is 1.22 bits per heavy atom. The summed E-state index contributed by atoms with van der Waals surface area (Å²) >= 11 is 1.44. The largest absolute Gasteiger partial charge is 0.481 e. The third kappa shape index (κ3) is 5.59. The molecule has 9 heteroatoms. The van der Waals surface area contributed by atoms with Crippen molar-refractivity contribution in [1.29, 1.82) is 0 Å². The molecule has 1 unspecified atom stereocenters. The van der Waals surface area contributed by atoms with Crippen LogP contribution in [0.2, 0.25) is 0 Å². The summed E-state index contributed by atoms with van der Waals surface area (Å²) in [5, 5.41) is 4.01. The molecule has 0 spiro atoms. The summed E-state index contributed by atoms with van der Waals surface area (Å²) in [4.78, 5) is 29.3. The average Bonchev–Trinajstić information content (AvgIpc) is 3.20. The molecule has 0 saturated carbocycles. The smallest absolute Gasteiger partial charge is 0.274 e. The zero-order valence-electron chi connectivity index (χ0n) is 18.8. The number of hydrogen-bond donors (Lipinski definition) is 1. The van der Waals surface area contributed by atoms with Gasteiger partial charge in [-0.05, 0) is 37.5 Å². The number of benzene rings is 1. The van der Waals surface area contributed by atoms with E-state index in [9.17, 15) is 9.18 Å². The van der Waals surface area contributed by atoms with Gasteiger partial charge in [0.05, 0.1) is 17.0 Å². The summed E-state index contributed by atoms with van der Waals surface area (Å²) in [6.45, 7) is 7.04. The van der Waals surface area contributed by atoms with Crippen LogP contribution in [0.5, 0.6) is 5.88 Å². The minimum atomic E-state index is -0.313. The Balaban J connectivity index is 1.85. The van der Waals surface area contributed by atoms with Gasteiger partial charge in [-0.2, -0.15) is 4.98 Å². The molecule has 170 valence electrons. The number of hydrogen-bond acceptors (Lipinski definition) is 7. The molecule has 0 fully saturated rings. The van der Waals surface area contributed by atoms with Crippen molar-refractivity contribution in [1.82, 2.24) is 19.9 Å². The molecule has 0 aliphatic carbocycles. The number of halogens is 1. The molecule has 7 nitrogen and oxygen atoms in total. The molecule has 2 aromatic heterocycles. The highest BCUT2D eigenvalue weighted by atomic mass is 32.1. The van der Waals surface area contributed by atoms with E-state index in [1.807, 2.05) is 25.7 Å². The molecule has 3 aromatic rings. The van der Waals surface area contributed by atoms with Gasteiger partial charge in [-0.25, -0.2) is 14.4 Å². The van der Waals surface area contributed by atoms with E-state index in [-0.39, 0.29) is 17.8 Å². The van der Waals surface area contributed by atoms with Gasteiger partial charge < -0.3 is 15.0 Å². The number of nitrogens with zero attached hydrogens (tertiary/aromatic N) is 4. The van der Waals surface area contributed by atoms with Crippen molar-refractivity contribution < 1.29 is 13.9 Å². The van der Waals surface area contributed by atoms with Crippen molar-refractivity contribution in [2.45, 2.75) is 39.7 Å². The lowest BCUT2D eigenvalue weighted by Crippen LogP contribution is -2.44. The Labute approximate surface area is 191 Å². The van der Waals surface area contributed by atoms with Crippen LogP contribution in [0.25, 0.3) is 10.4 Å². The van der Waals surface area contributed by atoms with Crippen molar-refractivity contribution in [3.05, 3.63) is 53.0 Å². The molecule has 1 aromatic carbocycles. The van der Waals surface area contributed by atoms with Crippen LogP contribution in [0.1, 0.15) is 42.2 Å². The first kappa shape index (κ1) is 23.6. The highest BCUT2D eigenvalue weighted by molar-refractivity contribution is 7.15. The molecule has 1 amide bonds. The standard InChI is InChI=1S/C23H28FN5O2S/c1-5-13-29(18(6-2)14-26-23-25-12-11-19(28-23)31-4)22(30)20-21(32-15(3)27-20)16-7-9-17(24)10-8-16/h7-12,18H,5-6,13-14H2,1-4H3,(H,25,26,28). The third-order valence-electron chi connectivity index (χ3n) is 5.02. The number of amides is 1. The second kappa shape index (κ2) is 11.0. The molecular formula is C23H28FN5O2S. The zero-order valence-corrected chi connectivity index (χ0v) is 19.6. The summed E-state index contributed by atoms with van der Waals surface area (Å²) in [6.07, 6.45) is 3.18. The molecule has 32 heavy (non-hydrogen) atoms. The van der Waals surface area contributed by atoms with Crippen molar-refractivity contribution in [3.63, 3.8) is 0 Å². The van der Waals surface area contributed by atoms with Crippen LogP contribution in [0.4, 0.5) is 10.3 Å². The van der Waals surface area contributed by atoms with Gasteiger partial charge in [-0.3, -0.25) is 4.79 Å². The number of carbonyl (C=O) groups excluding carboxylic acids is 1. The molecule has 0 aliphatic heterocycles. The Morgan fingerprint density at radius 3 is 2.62 bits per heavy atom. The van der Waals surface area contributed by atoms with Crippen molar-refractivity contribution >= 4 is 23.2 Å². The van der Waals surface area contributed by atoms with E-state index < -0.39 is 0 Å². The summed E-state index contributed by atoms with van der Waals surface area (Å²) in [6, 6.07) is 7.76. The van der Waals surface area contributed by atoms with E-state index in [0.29, 0.717) is 30.6 Å². The number of methoxy groups -OCH3 is 1.